The Morgan fingerprint density at radius 1 is 1.56 bits per heavy atom. The van der Waals surface area contributed by atoms with Crippen LogP contribution in [0.15, 0.2) is 37.0 Å². The Morgan fingerprint density at radius 2 is 2.22 bits per heavy atom. The van der Waals surface area contributed by atoms with Gasteiger partial charge in [0.05, 0.1) is 0 Å². The van der Waals surface area contributed by atoms with Gasteiger partial charge in [0.15, 0.2) is 0 Å². The van der Waals surface area contributed by atoms with E-state index in [1.165, 1.54) is 0 Å². The molecule has 0 radical (unpaired) electrons. The van der Waals surface area contributed by atoms with Crippen molar-refractivity contribution in [1.29, 1.82) is 0 Å². The van der Waals surface area contributed by atoms with Gasteiger partial charge in [0.2, 0.25) is 0 Å². The van der Waals surface area contributed by atoms with Crippen molar-refractivity contribution >= 4 is 0 Å². The van der Waals surface area contributed by atoms with Gasteiger partial charge in [-0.2, -0.15) is 0 Å². The lowest BCUT2D eigenvalue weighted by molar-refractivity contribution is 1.01. The number of allylic oxidation sites excluding steroid dienone is 4. The fourth-order valence-corrected chi connectivity index (χ4v) is 0.537. The monoisotopic (exact) mass is 122 g/mol. The predicted molar refractivity (Wildman–Crippen MR) is 43.4 cm³/mol. The number of hydrogen-bond acceptors (Lipinski definition) is 0. The highest BCUT2D eigenvalue weighted by atomic mass is 13.9. The van der Waals surface area contributed by atoms with Crippen LogP contribution in [0.2, 0.25) is 0 Å². The van der Waals surface area contributed by atoms with Crippen LogP contribution in [0.5, 0.6) is 0 Å². The molecule has 0 fully saturated rings. The van der Waals surface area contributed by atoms with Gasteiger partial charge in [0.1, 0.15) is 0 Å². The molecule has 0 rings (SSSR count). The lowest BCUT2D eigenvalue weighted by atomic mass is 10.1. The summed E-state index contributed by atoms with van der Waals surface area (Å²) in [7, 11) is 0. The average Bonchev–Trinajstić information content (AvgIpc) is 1.89. The van der Waals surface area contributed by atoms with Gasteiger partial charge in [0, 0.05) is 0 Å². The molecule has 0 spiro atoms. The first-order valence-electron chi connectivity index (χ1n) is 3.22. The van der Waals surface area contributed by atoms with E-state index >= 15 is 0 Å². The van der Waals surface area contributed by atoms with Crippen molar-refractivity contribution < 1.29 is 0 Å². The quantitative estimate of drug-likeness (QED) is 0.397. The normalized spacial score (nSPS) is 9.89. The molecule has 0 N–H and O–H groups in total. The molecule has 0 unspecified atom stereocenters. The SMILES string of the molecule is C=CC(=C)CC/C=C\C. The van der Waals surface area contributed by atoms with E-state index in [2.05, 4.69) is 25.3 Å². The van der Waals surface area contributed by atoms with Gasteiger partial charge < -0.3 is 0 Å². The molecule has 50 valence electrons. The summed E-state index contributed by atoms with van der Waals surface area (Å²) in [5.41, 5.74) is 1.12. The van der Waals surface area contributed by atoms with Gasteiger partial charge in [-0.15, -0.1) is 0 Å². The Hall–Kier alpha value is -0.780. The van der Waals surface area contributed by atoms with Crippen LogP contribution >= 0.6 is 0 Å². The van der Waals surface area contributed by atoms with Crippen molar-refractivity contribution in [2.24, 2.45) is 0 Å². The first kappa shape index (κ1) is 8.22. The zero-order valence-electron chi connectivity index (χ0n) is 6.06. The summed E-state index contributed by atoms with van der Waals surface area (Å²) in [6.45, 7) is 9.43. The molecule has 0 aliphatic carbocycles. The largest absolute Gasteiger partial charge is 0.0988 e. The van der Waals surface area contributed by atoms with Crippen LogP contribution < -0.4 is 0 Å². The molecular weight excluding hydrogens is 108 g/mol. The molecule has 0 heteroatoms. The van der Waals surface area contributed by atoms with E-state index in [0.29, 0.717) is 0 Å². The van der Waals surface area contributed by atoms with Gasteiger partial charge >= 0.3 is 0 Å². The highest BCUT2D eigenvalue weighted by Crippen LogP contribution is 2.02. The number of hydrogen-bond donors (Lipinski definition) is 0. The predicted octanol–water partition coefficient (Wildman–Crippen LogP) is 3.08. The third kappa shape index (κ3) is 5.09. The van der Waals surface area contributed by atoms with Crippen molar-refractivity contribution in [2.45, 2.75) is 19.8 Å². The van der Waals surface area contributed by atoms with Crippen molar-refractivity contribution in [2.75, 3.05) is 0 Å². The van der Waals surface area contributed by atoms with E-state index in [0.717, 1.165) is 18.4 Å². The van der Waals surface area contributed by atoms with E-state index in [9.17, 15) is 0 Å². The molecule has 0 amide bonds. The molecule has 0 aliphatic heterocycles. The first-order chi connectivity index (χ1) is 4.31. The Bertz CT molecular complexity index is 118. The minimum absolute atomic E-state index is 1.04. The summed E-state index contributed by atoms with van der Waals surface area (Å²) >= 11 is 0. The molecule has 0 aromatic carbocycles. The molecule has 0 saturated carbocycles. The standard InChI is InChI=1S/C9H14/c1-4-6-7-8-9(3)5-2/h4-6H,2-3,7-8H2,1H3/b6-4-. The maximum Gasteiger partial charge on any atom is -0.0250 e. The Balaban J connectivity index is 3.27. The summed E-state index contributed by atoms with van der Waals surface area (Å²) in [5, 5.41) is 0. The van der Waals surface area contributed by atoms with Crippen LogP contribution in [0.25, 0.3) is 0 Å². The van der Waals surface area contributed by atoms with Gasteiger partial charge in [-0.1, -0.05) is 37.0 Å². The highest BCUT2D eigenvalue weighted by molar-refractivity contribution is 5.11. The fourth-order valence-electron chi connectivity index (χ4n) is 0.537. The molecule has 0 aromatic rings. The Morgan fingerprint density at radius 3 is 2.67 bits per heavy atom. The molecule has 0 saturated heterocycles. The highest BCUT2D eigenvalue weighted by Gasteiger charge is 1.82. The summed E-state index contributed by atoms with van der Waals surface area (Å²) in [6.07, 6.45) is 8.11. The van der Waals surface area contributed by atoms with Crippen molar-refractivity contribution in [3.63, 3.8) is 0 Å². The molecule has 0 aliphatic rings. The van der Waals surface area contributed by atoms with Gasteiger partial charge in [-0.25, -0.2) is 0 Å². The molecule has 0 nitrogen and oxygen atoms in total. The molecule has 0 heterocycles. The Kier molecular flexibility index (Phi) is 4.89. The van der Waals surface area contributed by atoms with Gasteiger partial charge in [0.25, 0.3) is 0 Å². The van der Waals surface area contributed by atoms with Crippen LogP contribution in [0.4, 0.5) is 0 Å². The van der Waals surface area contributed by atoms with Gasteiger partial charge in [-0.05, 0) is 19.8 Å². The zero-order valence-corrected chi connectivity index (χ0v) is 6.06. The molecule has 0 aromatic heterocycles. The van der Waals surface area contributed by atoms with Crippen molar-refractivity contribution in [3.05, 3.63) is 37.0 Å². The second-order valence-corrected chi connectivity index (χ2v) is 1.97. The van der Waals surface area contributed by atoms with Crippen LogP contribution in [0.1, 0.15) is 19.8 Å². The van der Waals surface area contributed by atoms with E-state index in [-0.39, 0.29) is 0 Å². The number of rotatable bonds is 4. The minimum Gasteiger partial charge on any atom is -0.0988 e. The summed E-state index contributed by atoms with van der Waals surface area (Å²) in [5.74, 6) is 0. The van der Waals surface area contributed by atoms with Crippen LogP contribution in [0.3, 0.4) is 0 Å². The van der Waals surface area contributed by atoms with E-state index in [1.54, 1.807) is 0 Å². The summed E-state index contributed by atoms with van der Waals surface area (Å²) < 4.78 is 0. The van der Waals surface area contributed by atoms with Crippen LogP contribution in [-0.4, -0.2) is 0 Å². The molecule has 0 atom stereocenters. The summed E-state index contributed by atoms with van der Waals surface area (Å²) in [4.78, 5) is 0. The van der Waals surface area contributed by atoms with E-state index in [1.807, 2.05) is 13.0 Å². The zero-order chi connectivity index (χ0) is 7.11. The fraction of sp³-hybridized carbons (Fsp3) is 0.333. The lowest BCUT2D eigenvalue weighted by Crippen LogP contribution is -1.71. The molecular formula is C9H14. The third-order valence-electron chi connectivity index (χ3n) is 1.16. The lowest BCUT2D eigenvalue weighted by Gasteiger charge is -1.92. The molecule has 0 bridgehead atoms. The van der Waals surface area contributed by atoms with Crippen LogP contribution in [-0.2, 0) is 0 Å². The smallest absolute Gasteiger partial charge is 0.0250 e. The maximum atomic E-state index is 3.79. The average molecular weight is 122 g/mol. The topological polar surface area (TPSA) is 0 Å². The maximum absolute atomic E-state index is 3.79. The third-order valence-corrected chi connectivity index (χ3v) is 1.16. The second kappa shape index (κ2) is 5.36. The van der Waals surface area contributed by atoms with Crippen LogP contribution in [0, 0.1) is 0 Å². The summed E-state index contributed by atoms with van der Waals surface area (Å²) in [6, 6.07) is 0. The van der Waals surface area contributed by atoms with Gasteiger partial charge in [-0.3, -0.25) is 0 Å². The Labute approximate surface area is 57.6 Å². The van der Waals surface area contributed by atoms with Crippen molar-refractivity contribution in [3.8, 4) is 0 Å². The first-order valence-corrected chi connectivity index (χ1v) is 3.22. The molecule has 9 heavy (non-hydrogen) atoms. The minimum atomic E-state index is 1.04. The second-order valence-electron chi connectivity index (χ2n) is 1.97. The van der Waals surface area contributed by atoms with E-state index < -0.39 is 0 Å². The van der Waals surface area contributed by atoms with Crippen molar-refractivity contribution in [1.82, 2.24) is 0 Å². The van der Waals surface area contributed by atoms with E-state index in [4.69, 9.17) is 0 Å².